The molecule has 3 N–H and O–H groups in total. The number of rotatable bonds is 3. The summed E-state index contributed by atoms with van der Waals surface area (Å²) in [7, 11) is -3.47. The molecule has 1 aromatic heterocycles. The van der Waals surface area contributed by atoms with Crippen LogP contribution in [0.25, 0.3) is 0 Å². The summed E-state index contributed by atoms with van der Waals surface area (Å²) in [4.78, 5) is 19.6. The molecule has 1 amide bonds. The summed E-state index contributed by atoms with van der Waals surface area (Å²) in [6.07, 6.45) is 2.23. The number of nitrogen functional groups attached to an aromatic ring is 1. The Morgan fingerprint density at radius 1 is 1.24 bits per heavy atom. The van der Waals surface area contributed by atoms with Crippen LogP contribution in [0.2, 0.25) is 5.15 Å². The minimum atomic E-state index is -3.47. The molecule has 0 spiro atoms. The maximum Gasteiger partial charge on any atom is 0.256 e. The molecular formula is C12H11ClN4O3S. The van der Waals surface area contributed by atoms with Crippen molar-refractivity contribution < 1.29 is 13.2 Å². The lowest BCUT2D eigenvalue weighted by Gasteiger charge is -2.07. The van der Waals surface area contributed by atoms with Gasteiger partial charge in [0, 0.05) is 23.6 Å². The molecule has 0 fully saturated rings. The van der Waals surface area contributed by atoms with Crippen LogP contribution in [0.5, 0.6) is 0 Å². The van der Waals surface area contributed by atoms with E-state index in [1.54, 1.807) is 0 Å². The molecule has 0 aliphatic rings. The number of anilines is 2. The molecule has 2 aromatic rings. The number of carbonyl (C=O) groups is 1. The van der Waals surface area contributed by atoms with Crippen LogP contribution in [0, 0.1) is 0 Å². The zero-order chi connectivity index (χ0) is 15.6. The van der Waals surface area contributed by atoms with Gasteiger partial charge in [-0.05, 0) is 18.2 Å². The van der Waals surface area contributed by atoms with Gasteiger partial charge >= 0.3 is 0 Å². The number of nitrogens with two attached hydrogens (primary N) is 1. The topological polar surface area (TPSA) is 115 Å². The monoisotopic (exact) mass is 326 g/mol. The number of sulfone groups is 1. The van der Waals surface area contributed by atoms with Gasteiger partial charge < -0.3 is 11.1 Å². The first-order chi connectivity index (χ1) is 9.75. The Morgan fingerprint density at radius 3 is 2.57 bits per heavy atom. The van der Waals surface area contributed by atoms with Crippen LogP contribution in [0.1, 0.15) is 10.4 Å². The van der Waals surface area contributed by atoms with Crippen molar-refractivity contribution in [3.63, 3.8) is 0 Å². The third-order valence-corrected chi connectivity index (χ3v) is 3.79. The van der Waals surface area contributed by atoms with E-state index in [-0.39, 0.29) is 27.1 Å². The molecule has 110 valence electrons. The number of hydrogen-bond donors (Lipinski definition) is 2. The molecule has 0 radical (unpaired) electrons. The third kappa shape index (κ3) is 3.89. The van der Waals surface area contributed by atoms with Crippen molar-refractivity contribution in [3.05, 3.63) is 41.3 Å². The Bertz CT molecular complexity index is 808. The largest absolute Gasteiger partial charge is 0.399 e. The number of carbonyl (C=O) groups excluding carboxylic acids is 1. The summed E-state index contributed by atoms with van der Waals surface area (Å²) in [5.41, 5.74) is 5.89. The van der Waals surface area contributed by atoms with Crippen molar-refractivity contribution >= 4 is 38.9 Å². The smallest absolute Gasteiger partial charge is 0.256 e. The van der Waals surface area contributed by atoms with E-state index in [4.69, 9.17) is 17.3 Å². The molecule has 1 aromatic carbocycles. The van der Waals surface area contributed by atoms with E-state index in [2.05, 4.69) is 15.3 Å². The highest BCUT2D eigenvalue weighted by Gasteiger charge is 2.14. The van der Waals surface area contributed by atoms with Gasteiger partial charge in [0.1, 0.15) is 17.3 Å². The predicted octanol–water partition coefficient (Wildman–Crippen LogP) is 1.37. The highest BCUT2D eigenvalue weighted by Crippen LogP contribution is 2.18. The maximum absolute atomic E-state index is 12.1. The van der Waals surface area contributed by atoms with Gasteiger partial charge in [-0.15, -0.1) is 0 Å². The lowest BCUT2D eigenvalue weighted by Crippen LogP contribution is -2.14. The van der Waals surface area contributed by atoms with Crippen LogP contribution in [0.15, 0.2) is 35.5 Å². The Hall–Kier alpha value is -2.19. The number of nitrogens with zero attached hydrogens (tertiary/aromatic N) is 2. The number of nitrogens with one attached hydrogen (secondary N) is 1. The molecule has 0 unspecified atom stereocenters. The third-order valence-electron chi connectivity index (χ3n) is 2.49. The number of benzene rings is 1. The lowest BCUT2D eigenvalue weighted by molar-refractivity contribution is 0.102. The quantitative estimate of drug-likeness (QED) is 0.650. The van der Waals surface area contributed by atoms with E-state index < -0.39 is 15.7 Å². The normalized spacial score (nSPS) is 11.1. The molecule has 1 heterocycles. The summed E-state index contributed by atoms with van der Waals surface area (Å²) < 4.78 is 23.1. The highest BCUT2D eigenvalue weighted by molar-refractivity contribution is 7.90. The minimum absolute atomic E-state index is 0.0339. The molecule has 0 bridgehead atoms. The standard InChI is InChI=1S/C12H11ClN4O3S/c1-21(19,20)9-3-7(2-8(14)4-9)12(18)17-11-5-10(13)15-6-16-11/h2-6H,14H2,1H3,(H,15,16,17,18). The average Bonchev–Trinajstić information content (AvgIpc) is 2.37. The fourth-order valence-corrected chi connectivity index (χ4v) is 2.40. The minimum Gasteiger partial charge on any atom is -0.399 e. The second-order valence-corrected chi connectivity index (χ2v) is 6.65. The van der Waals surface area contributed by atoms with Gasteiger partial charge in [-0.25, -0.2) is 18.4 Å². The number of halogens is 1. The van der Waals surface area contributed by atoms with Gasteiger partial charge in [0.25, 0.3) is 5.91 Å². The summed E-state index contributed by atoms with van der Waals surface area (Å²) >= 11 is 5.68. The zero-order valence-corrected chi connectivity index (χ0v) is 12.4. The van der Waals surface area contributed by atoms with Crippen LogP contribution in [0.3, 0.4) is 0 Å². The van der Waals surface area contributed by atoms with Crippen molar-refractivity contribution in [2.24, 2.45) is 0 Å². The SMILES string of the molecule is CS(=O)(=O)c1cc(N)cc(C(=O)Nc2cc(Cl)ncn2)c1. The Morgan fingerprint density at radius 2 is 1.95 bits per heavy atom. The molecule has 0 atom stereocenters. The second kappa shape index (κ2) is 5.66. The van der Waals surface area contributed by atoms with E-state index in [0.29, 0.717) is 0 Å². The molecule has 0 saturated heterocycles. The molecule has 2 rings (SSSR count). The number of aromatic nitrogens is 2. The Balaban J connectivity index is 2.33. The van der Waals surface area contributed by atoms with Gasteiger partial charge in [0.15, 0.2) is 9.84 Å². The van der Waals surface area contributed by atoms with Crippen molar-refractivity contribution in [2.75, 3.05) is 17.3 Å². The van der Waals surface area contributed by atoms with Gasteiger partial charge in [-0.2, -0.15) is 0 Å². The first-order valence-corrected chi connectivity index (χ1v) is 7.92. The van der Waals surface area contributed by atoms with E-state index in [9.17, 15) is 13.2 Å². The van der Waals surface area contributed by atoms with Gasteiger partial charge in [0.05, 0.1) is 4.90 Å². The van der Waals surface area contributed by atoms with Crippen molar-refractivity contribution in [1.29, 1.82) is 0 Å². The van der Waals surface area contributed by atoms with Gasteiger partial charge in [-0.3, -0.25) is 4.79 Å². The van der Waals surface area contributed by atoms with E-state index >= 15 is 0 Å². The molecular weight excluding hydrogens is 316 g/mol. The molecule has 0 saturated carbocycles. The zero-order valence-electron chi connectivity index (χ0n) is 10.9. The van der Waals surface area contributed by atoms with Crippen molar-refractivity contribution in [2.45, 2.75) is 4.90 Å². The summed E-state index contributed by atoms with van der Waals surface area (Å²) in [5, 5.41) is 2.65. The van der Waals surface area contributed by atoms with Crippen molar-refractivity contribution in [3.8, 4) is 0 Å². The van der Waals surface area contributed by atoms with Crippen LogP contribution < -0.4 is 11.1 Å². The summed E-state index contributed by atoms with van der Waals surface area (Å²) in [6, 6.07) is 5.26. The first kappa shape index (κ1) is 15.2. The van der Waals surface area contributed by atoms with Crippen molar-refractivity contribution in [1.82, 2.24) is 9.97 Å². The average molecular weight is 327 g/mol. The number of hydrogen-bond acceptors (Lipinski definition) is 6. The van der Waals surface area contributed by atoms with E-state index in [0.717, 1.165) is 6.26 Å². The van der Waals surface area contributed by atoms with Crippen LogP contribution in [0.4, 0.5) is 11.5 Å². The fourth-order valence-electron chi connectivity index (χ4n) is 1.56. The van der Waals surface area contributed by atoms with Gasteiger partial charge in [0.2, 0.25) is 0 Å². The first-order valence-electron chi connectivity index (χ1n) is 5.65. The predicted molar refractivity (Wildman–Crippen MR) is 79.0 cm³/mol. The highest BCUT2D eigenvalue weighted by atomic mass is 35.5. The molecule has 7 nitrogen and oxygen atoms in total. The Kier molecular flexibility index (Phi) is 4.10. The maximum atomic E-state index is 12.1. The van der Waals surface area contributed by atoms with Crippen LogP contribution in [-0.4, -0.2) is 30.5 Å². The molecule has 0 aliphatic carbocycles. The summed E-state index contributed by atoms with van der Waals surface area (Å²) in [5.74, 6) is -0.356. The summed E-state index contributed by atoms with van der Waals surface area (Å²) in [6.45, 7) is 0. The Labute approximate surface area is 126 Å². The number of amides is 1. The van der Waals surface area contributed by atoms with Crippen LogP contribution in [-0.2, 0) is 9.84 Å². The fraction of sp³-hybridized carbons (Fsp3) is 0.0833. The molecule has 21 heavy (non-hydrogen) atoms. The second-order valence-electron chi connectivity index (χ2n) is 4.24. The lowest BCUT2D eigenvalue weighted by atomic mass is 10.2. The molecule has 9 heteroatoms. The molecule has 0 aliphatic heterocycles. The van der Waals surface area contributed by atoms with Crippen LogP contribution >= 0.6 is 11.6 Å². The van der Waals surface area contributed by atoms with E-state index in [1.807, 2.05) is 0 Å². The van der Waals surface area contributed by atoms with Gasteiger partial charge in [-0.1, -0.05) is 11.6 Å². The van der Waals surface area contributed by atoms with E-state index in [1.165, 1.54) is 30.6 Å².